The van der Waals surface area contributed by atoms with Crippen LogP contribution in [0.25, 0.3) is 0 Å². The fourth-order valence-corrected chi connectivity index (χ4v) is 3.51. The van der Waals surface area contributed by atoms with Crippen molar-refractivity contribution in [2.75, 3.05) is 26.7 Å². The highest BCUT2D eigenvalue weighted by molar-refractivity contribution is 5.73. The van der Waals surface area contributed by atoms with Crippen molar-refractivity contribution in [3.63, 3.8) is 0 Å². The van der Waals surface area contributed by atoms with E-state index in [1.807, 2.05) is 6.07 Å². The van der Waals surface area contributed by atoms with Crippen molar-refractivity contribution in [2.45, 2.75) is 38.2 Å². The minimum absolute atomic E-state index is 0.0615. The molecule has 2 aliphatic rings. The molecular formula is C18H26N2O3. The Morgan fingerprint density at radius 1 is 1.43 bits per heavy atom. The maximum atomic E-state index is 12.1. The Balaban J connectivity index is 1.42. The Hall–Kier alpha value is -1.75. The van der Waals surface area contributed by atoms with Crippen molar-refractivity contribution in [2.24, 2.45) is 5.92 Å². The molecule has 0 saturated heterocycles. The number of fused-ring (bicyclic) bond motifs is 1. The number of hydrogen-bond donors (Lipinski definition) is 2. The van der Waals surface area contributed by atoms with Crippen LogP contribution >= 0.6 is 0 Å². The normalized spacial score (nSPS) is 22.5. The number of aliphatic hydroxyl groups is 1. The molecule has 2 unspecified atom stereocenters. The molecule has 2 atom stereocenters. The number of hydrogen-bond acceptors (Lipinski definition) is 3. The Morgan fingerprint density at radius 2 is 2.30 bits per heavy atom. The zero-order valence-corrected chi connectivity index (χ0v) is 13.8. The summed E-state index contributed by atoms with van der Waals surface area (Å²) in [6.07, 6.45) is 4.47. The predicted molar refractivity (Wildman–Crippen MR) is 88.7 cm³/mol. The van der Waals surface area contributed by atoms with Gasteiger partial charge in [0.15, 0.2) is 0 Å². The van der Waals surface area contributed by atoms with Crippen LogP contribution in [0.4, 0.5) is 4.79 Å². The fraction of sp³-hybridized carbons (Fsp3) is 0.611. The SMILES string of the molecule is CN(CC1CCCC1O)C(=O)NCCc1ccc2c(c1)CCO2. The van der Waals surface area contributed by atoms with E-state index in [9.17, 15) is 9.90 Å². The Kier molecular flexibility index (Phi) is 5.06. The van der Waals surface area contributed by atoms with Gasteiger partial charge in [-0.2, -0.15) is 0 Å². The first-order chi connectivity index (χ1) is 11.1. The molecule has 5 nitrogen and oxygen atoms in total. The Morgan fingerprint density at radius 3 is 3.09 bits per heavy atom. The lowest BCUT2D eigenvalue weighted by molar-refractivity contribution is 0.114. The van der Waals surface area contributed by atoms with Gasteiger partial charge in [0.25, 0.3) is 0 Å². The van der Waals surface area contributed by atoms with E-state index >= 15 is 0 Å². The van der Waals surface area contributed by atoms with Crippen LogP contribution in [0, 0.1) is 5.92 Å². The van der Waals surface area contributed by atoms with Crippen molar-refractivity contribution in [3.8, 4) is 5.75 Å². The summed E-state index contributed by atoms with van der Waals surface area (Å²) in [6, 6.07) is 6.20. The molecule has 1 aliphatic carbocycles. The molecule has 2 N–H and O–H groups in total. The van der Waals surface area contributed by atoms with Crippen molar-refractivity contribution >= 4 is 6.03 Å². The van der Waals surface area contributed by atoms with Crippen LogP contribution in [0.1, 0.15) is 30.4 Å². The Bertz CT molecular complexity index is 561. The molecule has 1 saturated carbocycles. The van der Waals surface area contributed by atoms with Crippen LogP contribution < -0.4 is 10.1 Å². The van der Waals surface area contributed by atoms with Gasteiger partial charge >= 0.3 is 6.03 Å². The quantitative estimate of drug-likeness (QED) is 0.872. The molecule has 1 aliphatic heterocycles. The summed E-state index contributed by atoms with van der Waals surface area (Å²) in [7, 11) is 1.80. The lowest BCUT2D eigenvalue weighted by Gasteiger charge is -2.23. The predicted octanol–water partition coefficient (Wildman–Crippen LogP) is 1.97. The largest absolute Gasteiger partial charge is 0.493 e. The van der Waals surface area contributed by atoms with Gasteiger partial charge in [-0.05, 0) is 36.5 Å². The van der Waals surface area contributed by atoms with Crippen LogP contribution in [0.15, 0.2) is 18.2 Å². The summed E-state index contributed by atoms with van der Waals surface area (Å²) in [5.74, 6) is 1.22. The monoisotopic (exact) mass is 318 g/mol. The number of aliphatic hydroxyl groups excluding tert-OH is 1. The van der Waals surface area contributed by atoms with E-state index in [0.29, 0.717) is 13.1 Å². The average molecular weight is 318 g/mol. The number of amides is 2. The smallest absolute Gasteiger partial charge is 0.317 e. The Labute approximate surface area is 137 Å². The van der Waals surface area contributed by atoms with Crippen LogP contribution in [0.3, 0.4) is 0 Å². The fourth-order valence-electron chi connectivity index (χ4n) is 3.51. The van der Waals surface area contributed by atoms with E-state index in [1.165, 1.54) is 11.1 Å². The molecule has 3 rings (SSSR count). The maximum absolute atomic E-state index is 12.1. The van der Waals surface area contributed by atoms with Crippen LogP contribution in [-0.4, -0.2) is 48.9 Å². The number of nitrogens with one attached hydrogen (secondary N) is 1. The molecule has 0 aromatic heterocycles. The molecule has 1 aromatic carbocycles. The van der Waals surface area contributed by atoms with Crippen molar-refractivity contribution in [3.05, 3.63) is 29.3 Å². The van der Waals surface area contributed by atoms with Gasteiger partial charge in [-0.25, -0.2) is 4.79 Å². The van der Waals surface area contributed by atoms with Crippen molar-refractivity contribution in [1.29, 1.82) is 0 Å². The van der Waals surface area contributed by atoms with Gasteiger partial charge in [0.05, 0.1) is 12.7 Å². The second kappa shape index (κ2) is 7.21. The first kappa shape index (κ1) is 16.1. The van der Waals surface area contributed by atoms with E-state index in [4.69, 9.17) is 4.74 Å². The highest BCUT2D eigenvalue weighted by Crippen LogP contribution is 2.26. The van der Waals surface area contributed by atoms with Gasteiger partial charge in [-0.15, -0.1) is 0 Å². The highest BCUT2D eigenvalue weighted by atomic mass is 16.5. The molecule has 126 valence electrons. The van der Waals surface area contributed by atoms with E-state index in [-0.39, 0.29) is 18.1 Å². The van der Waals surface area contributed by atoms with E-state index < -0.39 is 0 Å². The van der Waals surface area contributed by atoms with Crippen LogP contribution in [0.5, 0.6) is 5.75 Å². The third-order valence-corrected chi connectivity index (χ3v) is 4.92. The zero-order valence-electron chi connectivity index (χ0n) is 13.8. The second-order valence-corrected chi connectivity index (χ2v) is 6.66. The van der Waals surface area contributed by atoms with E-state index in [1.54, 1.807) is 11.9 Å². The number of ether oxygens (including phenoxy) is 1. The molecule has 1 aromatic rings. The topological polar surface area (TPSA) is 61.8 Å². The lowest BCUT2D eigenvalue weighted by Crippen LogP contribution is -2.41. The summed E-state index contributed by atoms with van der Waals surface area (Å²) in [5.41, 5.74) is 2.49. The zero-order chi connectivity index (χ0) is 16.2. The standard InChI is InChI=1S/C18H26N2O3/c1-20(12-15-3-2-4-16(15)21)18(22)19-9-7-13-5-6-17-14(11-13)8-10-23-17/h5-6,11,15-16,21H,2-4,7-10,12H2,1H3,(H,19,22). The molecule has 23 heavy (non-hydrogen) atoms. The molecule has 5 heteroatoms. The lowest BCUT2D eigenvalue weighted by atomic mass is 10.1. The van der Waals surface area contributed by atoms with Gasteiger partial charge in [0, 0.05) is 32.5 Å². The van der Waals surface area contributed by atoms with Crippen LogP contribution in [0.2, 0.25) is 0 Å². The van der Waals surface area contributed by atoms with Gasteiger partial charge in [0.2, 0.25) is 0 Å². The molecule has 0 spiro atoms. The minimum atomic E-state index is -0.251. The van der Waals surface area contributed by atoms with E-state index in [2.05, 4.69) is 17.4 Å². The molecule has 0 bridgehead atoms. The number of rotatable bonds is 5. The summed E-state index contributed by atoms with van der Waals surface area (Å²) >= 11 is 0. The summed E-state index contributed by atoms with van der Waals surface area (Å²) < 4.78 is 5.50. The number of nitrogens with zero attached hydrogens (tertiary/aromatic N) is 1. The molecule has 2 amide bonds. The summed E-state index contributed by atoms with van der Waals surface area (Å²) in [4.78, 5) is 13.8. The summed E-state index contributed by atoms with van der Waals surface area (Å²) in [5, 5.41) is 12.8. The molecule has 1 heterocycles. The van der Waals surface area contributed by atoms with Gasteiger partial charge in [-0.1, -0.05) is 18.6 Å². The number of carbonyl (C=O) groups is 1. The first-order valence-corrected chi connectivity index (χ1v) is 8.55. The van der Waals surface area contributed by atoms with Crippen molar-refractivity contribution in [1.82, 2.24) is 10.2 Å². The summed E-state index contributed by atoms with van der Waals surface area (Å²) in [6.45, 7) is 2.02. The first-order valence-electron chi connectivity index (χ1n) is 8.55. The second-order valence-electron chi connectivity index (χ2n) is 6.66. The number of urea groups is 1. The van der Waals surface area contributed by atoms with Crippen LogP contribution in [-0.2, 0) is 12.8 Å². The van der Waals surface area contributed by atoms with Gasteiger partial charge in [-0.3, -0.25) is 0 Å². The minimum Gasteiger partial charge on any atom is -0.493 e. The highest BCUT2D eigenvalue weighted by Gasteiger charge is 2.27. The third-order valence-electron chi connectivity index (χ3n) is 4.92. The van der Waals surface area contributed by atoms with E-state index in [0.717, 1.165) is 44.5 Å². The molecular weight excluding hydrogens is 292 g/mol. The van der Waals surface area contributed by atoms with Gasteiger partial charge in [0.1, 0.15) is 5.75 Å². The molecule has 1 fully saturated rings. The number of carbonyl (C=O) groups excluding carboxylic acids is 1. The average Bonchev–Trinajstić information content (AvgIpc) is 3.16. The maximum Gasteiger partial charge on any atom is 0.317 e. The third kappa shape index (κ3) is 3.96. The van der Waals surface area contributed by atoms with Gasteiger partial charge < -0.3 is 20.1 Å². The molecule has 0 radical (unpaired) electrons. The van der Waals surface area contributed by atoms with Crippen molar-refractivity contribution < 1.29 is 14.6 Å². The number of benzene rings is 1.